The standard InChI is InChI=1S/C14H19NO3/c1-11-3-2-4-12(9-11)13(14(16)17)10-15-5-7-18-8-6-15/h2-4,9,13H,5-8,10H2,1H3,(H,16,17). The Bertz CT molecular complexity index is 413. The van der Waals surface area contributed by atoms with Crippen LogP contribution in [0.25, 0.3) is 0 Å². The lowest BCUT2D eigenvalue weighted by atomic mass is 9.97. The second-order valence-corrected chi connectivity index (χ2v) is 4.72. The van der Waals surface area contributed by atoms with Gasteiger partial charge in [-0.1, -0.05) is 29.8 Å². The van der Waals surface area contributed by atoms with Crippen LogP contribution in [0.1, 0.15) is 17.0 Å². The van der Waals surface area contributed by atoms with Crippen molar-refractivity contribution in [1.29, 1.82) is 0 Å². The van der Waals surface area contributed by atoms with Crippen LogP contribution >= 0.6 is 0 Å². The lowest BCUT2D eigenvalue weighted by Gasteiger charge is -2.29. The van der Waals surface area contributed by atoms with E-state index in [0.717, 1.165) is 24.2 Å². The molecule has 1 aliphatic heterocycles. The lowest BCUT2D eigenvalue weighted by Crippen LogP contribution is -2.40. The number of carboxylic acid groups (broad SMARTS) is 1. The molecule has 1 fully saturated rings. The summed E-state index contributed by atoms with van der Waals surface area (Å²) in [5.41, 5.74) is 1.98. The number of aryl methyl sites for hydroxylation is 1. The molecule has 0 saturated carbocycles. The third kappa shape index (κ3) is 3.31. The van der Waals surface area contributed by atoms with E-state index < -0.39 is 11.9 Å². The quantitative estimate of drug-likeness (QED) is 0.878. The maximum Gasteiger partial charge on any atom is 0.312 e. The molecule has 18 heavy (non-hydrogen) atoms. The Morgan fingerprint density at radius 1 is 1.44 bits per heavy atom. The topological polar surface area (TPSA) is 49.8 Å². The molecule has 1 N–H and O–H groups in total. The van der Waals surface area contributed by atoms with Gasteiger partial charge in [-0.25, -0.2) is 0 Å². The van der Waals surface area contributed by atoms with Crippen molar-refractivity contribution < 1.29 is 14.6 Å². The Kier molecular flexibility index (Phi) is 4.33. The van der Waals surface area contributed by atoms with E-state index in [2.05, 4.69) is 4.90 Å². The van der Waals surface area contributed by atoms with Crippen molar-refractivity contribution >= 4 is 5.97 Å². The minimum Gasteiger partial charge on any atom is -0.481 e. The van der Waals surface area contributed by atoms with Crippen molar-refractivity contribution in [2.75, 3.05) is 32.8 Å². The van der Waals surface area contributed by atoms with Crippen LogP contribution in [0.15, 0.2) is 24.3 Å². The number of aliphatic carboxylic acids is 1. The van der Waals surface area contributed by atoms with E-state index in [4.69, 9.17) is 4.74 Å². The molecular formula is C14H19NO3. The Morgan fingerprint density at radius 2 is 2.17 bits per heavy atom. The number of nitrogens with zero attached hydrogens (tertiary/aromatic N) is 1. The normalized spacial score (nSPS) is 18.5. The summed E-state index contributed by atoms with van der Waals surface area (Å²) in [6.07, 6.45) is 0. The summed E-state index contributed by atoms with van der Waals surface area (Å²) in [5.74, 6) is -1.21. The first-order valence-electron chi connectivity index (χ1n) is 6.26. The molecule has 98 valence electrons. The molecule has 1 atom stereocenters. The molecule has 1 aromatic carbocycles. The molecule has 1 heterocycles. The van der Waals surface area contributed by atoms with Crippen LogP contribution in [0.5, 0.6) is 0 Å². The van der Waals surface area contributed by atoms with Crippen molar-refractivity contribution in [2.45, 2.75) is 12.8 Å². The fourth-order valence-electron chi connectivity index (χ4n) is 2.25. The fourth-order valence-corrected chi connectivity index (χ4v) is 2.25. The number of ether oxygens (including phenoxy) is 1. The first-order chi connectivity index (χ1) is 8.66. The molecule has 1 unspecified atom stereocenters. The molecule has 4 nitrogen and oxygen atoms in total. The average molecular weight is 249 g/mol. The molecule has 0 bridgehead atoms. The summed E-state index contributed by atoms with van der Waals surface area (Å²) in [6.45, 7) is 5.56. The van der Waals surface area contributed by atoms with Gasteiger partial charge in [0.05, 0.1) is 19.1 Å². The number of rotatable bonds is 4. The Labute approximate surface area is 107 Å². The zero-order valence-electron chi connectivity index (χ0n) is 10.6. The maximum absolute atomic E-state index is 11.4. The van der Waals surface area contributed by atoms with Crippen LogP contribution in [0.3, 0.4) is 0 Å². The van der Waals surface area contributed by atoms with E-state index in [0.29, 0.717) is 19.8 Å². The second-order valence-electron chi connectivity index (χ2n) is 4.72. The molecule has 0 spiro atoms. The molecule has 4 heteroatoms. The highest BCUT2D eigenvalue weighted by Crippen LogP contribution is 2.19. The predicted octanol–water partition coefficient (Wildman–Crippen LogP) is 1.50. The molecule has 1 saturated heterocycles. The molecule has 1 aliphatic rings. The van der Waals surface area contributed by atoms with Crippen molar-refractivity contribution in [2.24, 2.45) is 0 Å². The molecule has 2 rings (SSSR count). The van der Waals surface area contributed by atoms with Crippen LogP contribution in [-0.2, 0) is 9.53 Å². The van der Waals surface area contributed by atoms with Gasteiger partial charge in [0.15, 0.2) is 0 Å². The van der Waals surface area contributed by atoms with Crippen LogP contribution in [0.2, 0.25) is 0 Å². The van der Waals surface area contributed by atoms with Gasteiger partial charge in [-0.3, -0.25) is 9.69 Å². The van der Waals surface area contributed by atoms with Gasteiger partial charge in [-0.2, -0.15) is 0 Å². The van der Waals surface area contributed by atoms with Gasteiger partial charge in [-0.15, -0.1) is 0 Å². The molecule has 0 radical (unpaired) electrons. The minimum atomic E-state index is -0.757. The van der Waals surface area contributed by atoms with Crippen LogP contribution < -0.4 is 0 Å². The van der Waals surface area contributed by atoms with Gasteiger partial charge in [0.2, 0.25) is 0 Å². The first-order valence-corrected chi connectivity index (χ1v) is 6.26. The highest BCUT2D eigenvalue weighted by molar-refractivity contribution is 5.76. The van der Waals surface area contributed by atoms with Gasteiger partial charge >= 0.3 is 5.97 Å². The Morgan fingerprint density at radius 3 is 2.78 bits per heavy atom. The van der Waals surface area contributed by atoms with Crippen LogP contribution in [0, 0.1) is 6.92 Å². The average Bonchev–Trinajstić information content (AvgIpc) is 2.37. The Balaban J connectivity index is 2.10. The van der Waals surface area contributed by atoms with Gasteiger partial charge in [0.1, 0.15) is 0 Å². The molecular weight excluding hydrogens is 230 g/mol. The summed E-state index contributed by atoms with van der Waals surface area (Å²) in [7, 11) is 0. The fraction of sp³-hybridized carbons (Fsp3) is 0.500. The van der Waals surface area contributed by atoms with E-state index in [9.17, 15) is 9.90 Å². The zero-order valence-corrected chi connectivity index (χ0v) is 10.6. The molecule has 0 amide bonds. The highest BCUT2D eigenvalue weighted by Gasteiger charge is 2.24. The van der Waals surface area contributed by atoms with E-state index in [1.54, 1.807) is 0 Å². The largest absolute Gasteiger partial charge is 0.481 e. The van der Waals surface area contributed by atoms with E-state index in [-0.39, 0.29) is 0 Å². The number of benzene rings is 1. The SMILES string of the molecule is Cc1cccc(C(CN2CCOCC2)C(=O)O)c1. The lowest BCUT2D eigenvalue weighted by molar-refractivity contribution is -0.139. The summed E-state index contributed by atoms with van der Waals surface area (Å²) >= 11 is 0. The third-order valence-electron chi connectivity index (χ3n) is 3.29. The Hall–Kier alpha value is -1.39. The summed E-state index contributed by atoms with van der Waals surface area (Å²) in [4.78, 5) is 13.6. The van der Waals surface area contributed by atoms with Gasteiger partial charge in [0.25, 0.3) is 0 Å². The number of morpholine rings is 1. The van der Waals surface area contributed by atoms with E-state index in [1.165, 1.54) is 0 Å². The molecule has 0 aromatic heterocycles. The number of hydrogen-bond donors (Lipinski definition) is 1. The monoisotopic (exact) mass is 249 g/mol. The second kappa shape index (κ2) is 5.98. The minimum absolute atomic E-state index is 0.456. The predicted molar refractivity (Wildman–Crippen MR) is 68.8 cm³/mol. The zero-order chi connectivity index (χ0) is 13.0. The van der Waals surface area contributed by atoms with Gasteiger partial charge in [-0.05, 0) is 12.5 Å². The van der Waals surface area contributed by atoms with E-state index >= 15 is 0 Å². The molecule has 0 aliphatic carbocycles. The molecule has 1 aromatic rings. The smallest absolute Gasteiger partial charge is 0.312 e. The van der Waals surface area contributed by atoms with E-state index in [1.807, 2.05) is 31.2 Å². The number of carbonyl (C=O) groups is 1. The van der Waals surface area contributed by atoms with Crippen molar-refractivity contribution in [1.82, 2.24) is 4.90 Å². The first kappa shape index (κ1) is 13.1. The highest BCUT2D eigenvalue weighted by atomic mass is 16.5. The summed E-state index contributed by atoms with van der Waals surface area (Å²) < 4.78 is 5.28. The summed E-state index contributed by atoms with van der Waals surface area (Å²) in [6, 6.07) is 7.75. The van der Waals surface area contributed by atoms with Crippen LogP contribution in [0.4, 0.5) is 0 Å². The maximum atomic E-state index is 11.4. The van der Waals surface area contributed by atoms with Gasteiger partial charge < -0.3 is 9.84 Å². The van der Waals surface area contributed by atoms with Crippen LogP contribution in [-0.4, -0.2) is 48.8 Å². The number of hydrogen-bond acceptors (Lipinski definition) is 3. The van der Waals surface area contributed by atoms with Gasteiger partial charge in [0, 0.05) is 19.6 Å². The summed E-state index contributed by atoms with van der Waals surface area (Å²) in [5, 5.41) is 9.39. The van der Waals surface area contributed by atoms with Crippen molar-refractivity contribution in [3.05, 3.63) is 35.4 Å². The van der Waals surface area contributed by atoms with Crippen molar-refractivity contribution in [3.8, 4) is 0 Å². The third-order valence-corrected chi connectivity index (χ3v) is 3.29. The number of carboxylic acids is 1. The van der Waals surface area contributed by atoms with Crippen molar-refractivity contribution in [3.63, 3.8) is 0 Å².